The molecule has 0 bridgehead atoms. The van der Waals surface area contributed by atoms with E-state index in [1.165, 1.54) is 6.42 Å². The Morgan fingerprint density at radius 3 is 2.11 bits per heavy atom. The van der Waals surface area contributed by atoms with Crippen molar-refractivity contribution in [3.63, 3.8) is 0 Å². The summed E-state index contributed by atoms with van der Waals surface area (Å²) in [6, 6.07) is 7.97. The highest BCUT2D eigenvalue weighted by atomic mass is 16.5. The Labute approximate surface area is 116 Å². The highest BCUT2D eigenvalue weighted by Gasteiger charge is 2.37. The fourth-order valence-corrected chi connectivity index (χ4v) is 3.44. The SMILES string of the molecule is CC1CC(C)CC(O)(c2ccc(OC(C)C)cc2)C1. The summed E-state index contributed by atoms with van der Waals surface area (Å²) in [6.45, 7) is 8.51. The Bertz CT molecular complexity index is 398. The molecule has 2 rings (SSSR count). The van der Waals surface area contributed by atoms with Gasteiger partial charge in [-0.15, -0.1) is 0 Å². The van der Waals surface area contributed by atoms with Crippen molar-refractivity contribution < 1.29 is 9.84 Å². The molecule has 0 radical (unpaired) electrons. The van der Waals surface area contributed by atoms with E-state index in [1.54, 1.807) is 0 Å². The third-order valence-electron chi connectivity index (χ3n) is 3.94. The van der Waals surface area contributed by atoms with Gasteiger partial charge in [0.1, 0.15) is 5.75 Å². The second-order valence-electron chi connectivity index (χ2n) is 6.58. The van der Waals surface area contributed by atoms with Crippen molar-refractivity contribution in [2.75, 3.05) is 0 Å². The maximum absolute atomic E-state index is 10.9. The molecule has 2 atom stereocenters. The van der Waals surface area contributed by atoms with E-state index in [-0.39, 0.29) is 6.10 Å². The first-order chi connectivity index (χ1) is 8.89. The molecular formula is C17H26O2. The number of hydrogen-bond acceptors (Lipinski definition) is 2. The minimum atomic E-state index is -0.659. The molecule has 2 heteroatoms. The van der Waals surface area contributed by atoms with Gasteiger partial charge in [0.15, 0.2) is 0 Å². The van der Waals surface area contributed by atoms with Crippen LogP contribution in [-0.2, 0) is 5.60 Å². The molecule has 1 saturated carbocycles. The van der Waals surface area contributed by atoms with Crippen LogP contribution in [0.1, 0.15) is 52.5 Å². The third-order valence-corrected chi connectivity index (χ3v) is 3.94. The summed E-state index contributed by atoms with van der Waals surface area (Å²) in [5, 5.41) is 10.9. The zero-order valence-corrected chi connectivity index (χ0v) is 12.5. The van der Waals surface area contributed by atoms with Crippen molar-refractivity contribution in [1.29, 1.82) is 0 Å². The molecule has 0 saturated heterocycles. The van der Waals surface area contributed by atoms with Gasteiger partial charge < -0.3 is 9.84 Å². The van der Waals surface area contributed by atoms with Crippen molar-refractivity contribution in [3.8, 4) is 5.75 Å². The maximum Gasteiger partial charge on any atom is 0.119 e. The lowest BCUT2D eigenvalue weighted by Gasteiger charge is -2.39. The largest absolute Gasteiger partial charge is 0.491 e. The van der Waals surface area contributed by atoms with Gasteiger partial charge >= 0.3 is 0 Å². The smallest absolute Gasteiger partial charge is 0.119 e. The van der Waals surface area contributed by atoms with Crippen LogP contribution in [0.15, 0.2) is 24.3 Å². The molecule has 2 nitrogen and oxygen atoms in total. The highest BCUT2D eigenvalue weighted by Crippen LogP contribution is 2.42. The van der Waals surface area contributed by atoms with Crippen molar-refractivity contribution in [2.45, 2.75) is 58.7 Å². The Morgan fingerprint density at radius 1 is 1.11 bits per heavy atom. The van der Waals surface area contributed by atoms with Crippen molar-refractivity contribution in [3.05, 3.63) is 29.8 Å². The van der Waals surface area contributed by atoms with Crippen LogP contribution in [0, 0.1) is 11.8 Å². The number of ether oxygens (including phenoxy) is 1. The number of aliphatic hydroxyl groups is 1. The highest BCUT2D eigenvalue weighted by molar-refractivity contribution is 5.31. The van der Waals surface area contributed by atoms with Crippen LogP contribution >= 0.6 is 0 Å². The van der Waals surface area contributed by atoms with E-state index in [4.69, 9.17) is 4.74 Å². The zero-order valence-electron chi connectivity index (χ0n) is 12.5. The lowest BCUT2D eigenvalue weighted by Crippen LogP contribution is -2.35. The van der Waals surface area contributed by atoms with Gasteiger partial charge in [0.05, 0.1) is 11.7 Å². The molecule has 19 heavy (non-hydrogen) atoms. The van der Waals surface area contributed by atoms with E-state index in [0.29, 0.717) is 11.8 Å². The molecule has 0 spiro atoms. The van der Waals surface area contributed by atoms with Crippen molar-refractivity contribution in [2.24, 2.45) is 11.8 Å². The van der Waals surface area contributed by atoms with Crippen LogP contribution in [-0.4, -0.2) is 11.2 Å². The predicted octanol–water partition coefficient (Wildman–Crippen LogP) is 4.12. The van der Waals surface area contributed by atoms with Gasteiger partial charge in [-0.05, 0) is 62.6 Å². The first kappa shape index (κ1) is 14.4. The monoisotopic (exact) mass is 262 g/mol. The fourth-order valence-electron chi connectivity index (χ4n) is 3.44. The van der Waals surface area contributed by atoms with E-state index < -0.39 is 5.60 Å². The van der Waals surface area contributed by atoms with E-state index in [2.05, 4.69) is 13.8 Å². The van der Waals surface area contributed by atoms with Gasteiger partial charge in [-0.2, -0.15) is 0 Å². The van der Waals surface area contributed by atoms with Gasteiger partial charge in [0.2, 0.25) is 0 Å². The van der Waals surface area contributed by atoms with Crippen LogP contribution in [0.25, 0.3) is 0 Å². The first-order valence-corrected chi connectivity index (χ1v) is 7.38. The molecule has 1 aromatic rings. The van der Waals surface area contributed by atoms with Gasteiger partial charge in [-0.25, -0.2) is 0 Å². The Kier molecular flexibility index (Phi) is 4.19. The van der Waals surface area contributed by atoms with Crippen LogP contribution in [0.4, 0.5) is 0 Å². The summed E-state index contributed by atoms with van der Waals surface area (Å²) in [5.41, 5.74) is 0.370. The quantitative estimate of drug-likeness (QED) is 0.888. The molecule has 1 aliphatic rings. The van der Waals surface area contributed by atoms with E-state index in [1.807, 2.05) is 38.1 Å². The van der Waals surface area contributed by atoms with E-state index in [9.17, 15) is 5.11 Å². The summed E-state index contributed by atoms with van der Waals surface area (Å²) < 4.78 is 5.65. The minimum absolute atomic E-state index is 0.184. The predicted molar refractivity (Wildman–Crippen MR) is 78.3 cm³/mol. The Morgan fingerprint density at radius 2 is 1.63 bits per heavy atom. The Balaban J connectivity index is 2.16. The Hall–Kier alpha value is -1.02. The zero-order chi connectivity index (χ0) is 14.0. The lowest BCUT2D eigenvalue weighted by molar-refractivity contribution is -0.0363. The van der Waals surface area contributed by atoms with E-state index in [0.717, 1.165) is 24.2 Å². The van der Waals surface area contributed by atoms with Gasteiger partial charge in [0.25, 0.3) is 0 Å². The fraction of sp³-hybridized carbons (Fsp3) is 0.647. The minimum Gasteiger partial charge on any atom is -0.491 e. The standard InChI is InChI=1S/C17H26O2/c1-12(2)19-16-7-5-15(6-8-16)17(18)10-13(3)9-14(4)11-17/h5-8,12-14,18H,9-11H2,1-4H3. The molecule has 0 aliphatic heterocycles. The summed E-state index contributed by atoms with van der Waals surface area (Å²) in [6.07, 6.45) is 3.13. The van der Waals surface area contributed by atoms with Gasteiger partial charge in [-0.3, -0.25) is 0 Å². The molecule has 0 heterocycles. The maximum atomic E-state index is 10.9. The van der Waals surface area contributed by atoms with Crippen LogP contribution in [0.5, 0.6) is 5.75 Å². The molecular weight excluding hydrogens is 236 g/mol. The summed E-state index contributed by atoms with van der Waals surface area (Å²) >= 11 is 0. The third kappa shape index (κ3) is 3.50. The molecule has 1 N–H and O–H groups in total. The number of hydrogen-bond donors (Lipinski definition) is 1. The second kappa shape index (κ2) is 5.54. The van der Waals surface area contributed by atoms with Crippen LogP contribution in [0.3, 0.4) is 0 Å². The summed E-state index contributed by atoms with van der Waals surface area (Å²) in [5.74, 6) is 2.04. The average Bonchev–Trinajstić information content (AvgIpc) is 2.26. The molecule has 2 unspecified atom stereocenters. The number of rotatable bonds is 3. The first-order valence-electron chi connectivity index (χ1n) is 7.38. The van der Waals surface area contributed by atoms with Crippen molar-refractivity contribution in [1.82, 2.24) is 0 Å². The molecule has 106 valence electrons. The topological polar surface area (TPSA) is 29.5 Å². The normalized spacial score (nSPS) is 31.5. The van der Waals surface area contributed by atoms with Crippen LogP contribution < -0.4 is 4.74 Å². The van der Waals surface area contributed by atoms with Crippen LogP contribution in [0.2, 0.25) is 0 Å². The van der Waals surface area contributed by atoms with Gasteiger partial charge in [-0.1, -0.05) is 26.0 Å². The van der Waals surface area contributed by atoms with Gasteiger partial charge in [0, 0.05) is 0 Å². The van der Waals surface area contributed by atoms with Crippen molar-refractivity contribution >= 4 is 0 Å². The lowest BCUT2D eigenvalue weighted by atomic mass is 9.71. The second-order valence-corrected chi connectivity index (χ2v) is 6.58. The molecule has 1 fully saturated rings. The molecule has 0 amide bonds. The molecule has 0 aromatic heterocycles. The summed E-state index contributed by atoms with van der Waals surface area (Å²) in [7, 11) is 0. The molecule has 1 aliphatic carbocycles. The molecule has 1 aromatic carbocycles. The summed E-state index contributed by atoms with van der Waals surface area (Å²) in [4.78, 5) is 0. The van der Waals surface area contributed by atoms with E-state index >= 15 is 0 Å². The number of benzene rings is 1. The average molecular weight is 262 g/mol.